The molecule has 2 amide bonds. The van der Waals surface area contributed by atoms with Crippen LogP contribution in [0, 0.1) is 0 Å². The van der Waals surface area contributed by atoms with Gasteiger partial charge in [0.25, 0.3) is 11.8 Å². The van der Waals surface area contributed by atoms with E-state index in [1.165, 1.54) is 7.05 Å². The van der Waals surface area contributed by atoms with Gasteiger partial charge in [0.2, 0.25) is 0 Å². The monoisotopic (exact) mass is 441 g/mol. The van der Waals surface area contributed by atoms with Crippen molar-refractivity contribution in [1.82, 2.24) is 14.7 Å². The molecule has 2 aliphatic rings. The fourth-order valence-electron chi connectivity index (χ4n) is 3.45. The summed E-state index contributed by atoms with van der Waals surface area (Å²) in [6, 6.07) is 6.50. The molecule has 7 nitrogen and oxygen atoms in total. The normalized spacial score (nSPS) is 17.7. The van der Waals surface area contributed by atoms with Crippen LogP contribution in [0.3, 0.4) is 0 Å². The zero-order chi connectivity index (χ0) is 21.5. The Labute approximate surface area is 174 Å². The maximum absolute atomic E-state index is 13.5. The summed E-state index contributed by atoms with van der Waals surface area (Å²) in [6.07, 6.45) is -5.23. The number of fused-ring (bicyclic) bond motifs is 1. The number of hydrogen-bond donors (Lipinski definition) is 0. The van der Waals surface area contributed by atoms with Gasteiger partial charge in [0.05, 0.1) is 29.9 Å². The average Bonchev–Trinajstić information content (AvgIpc) is 3.19. The molecule has 0 N–H and O–H groups in total. The van der Waals surface area contributed by atoms with Crippen molar-refractivity contribution < 1.29 is 32.2 Å². The molecule has 0 aliphatic carbocycles. The first kappa shape index (κ1) is 20.9. The second-order valence-corrected chi connectivity index (χ2v) is 7.86. The molecule has 0 atom stereocenters. The van der Waals surface area contributed by atoms with Crippen molar-refractivity contribution in [2.45, 2.75) is 23.9 Å². The minimum Gasteiger partial charge on any atom is -0.348 e. The summed E-state index contributed by atoms with van der Waals surface area (Å²) in [5.41, 5.74) is -0.564. The average molecular weight is 441 g/mol. The quantitative estimate of drug-likeness (QED) is 0.524. The van der Waals surface area contributed by atoms with Crippen molar-refractivity contribution in [2.75, 3.05) is 25.5 Å². The summed E-state index contributed by atoms with van der Waals surface area (Å²) in [7, 11) is 1.41. The van der Waals surface area contributed by atoms with Crippen LogP contribution in [0.5, 0.6) is 0 Å². The number of carbonyl (C=O) groups excluding carboxylic acids is 2. The van der Waals surface area contributed by atoms with E-state index in [9.17, 15) is 22.8 Å². The van der Waals surface area contributed by atoms with Crippen LogP contribution in [0.15, 0.2) is 29.3 Å². The smallest absolute Gasteiger partial charge is 0.348 e. The standard InChI is InChI=1S/C19H18F3N3O4S/c1-24-17(13(14(23-24)19(20,21)22)18-28-8-4-9-29-18)30-10-7-25-15(26)11-5-2-3-6-12(11)16(25)27/h2-3,5-6,18H,4,7-10H2,1H3. The number of thioether (sulfide) groups is 1. The Bertz CT molecular complexity index is 951. The molecule has 11 heteroatoms. The molecule has 0 radical (unpaired) electrons. The van der Waals surface area contributed by atoms with Gasteiger partial charge in [0.1, 0.15) is 5.03 Å². The maximum atomic E-state index is 13.5. The molecular formula is C19H18F3N3O4S. The van der Waals surface area contributed by atoms with E-state index >= 15 is 0 Å². The van der Waals surface area contributed by atoms with Crippen LogP contribution in [0.1, 0.15) is 44.7 Å². The number of aromatic nitrogens is 2. The number of halogens is 3. The second kappa shape index (κ2) is 8.05. The van der Waals surface area contributed by atoms with E-state index in [2.05, 4.69) is 5.10 Å². The fourth-order valence-corrected chi connectivity index (χ4v) is 4.49. The third-order valence-corrected chi connectivity index (χ3v) is 5.94. The van der Waals surface area contributed by atoms with Crippen LogP contribution in [-0.4, -0.2) is 52.0 Å². The molecule has 0 unspecified atom stereocenters. The van der Waals surface area contributed by atoms with Gasteiger partial charge >= 0.3 is 6.18 Å². The minimum atomic E-state index is -4.67. The molecule has 0 saturated carbocycles. The van der Waals surface area contributed by atoms with E-state index < -0.39 is 30.0 Å². The van der Waals surface area contributed by atoms with Gasteiger partial charge in [-0.1, -0.05) is 12.1 Å². The number of ether oxygens (including phenoxy) is 2. The molecule has 2 aliphatic heterocycles. The van der Waals surface area contributed by atoms with Crippen molar-refractivity contribution in [2.24, 2.45) is 7.05 Å². The number of benzene rings is 1. The SMILES string of the molecule is Cn1nc(C(F)(F)F)c(C2OCCCO2)c1SCCN1C(=O)c2ccccc2C1=O. The lowest BCUT2D eigenvalue weighted by molar-refractivity contribution is -0.191. The van der Waals surface area contributed by atoms with E-state index in [0.29, 0.717) is 17.5 Å². The second-order valence-electron chi connectivity index (χ2n) is 6.77. The van der Waals surface area contributed by atoms with Crippen molar-refractivity contribution in [1.29, 1.82) is 0 Å². The number of carbonyl (C=O) groups is 2. The van der Waals surface area contributed by atoms with Crippen LogP contribution >= 0.6 is 11.8 Å². The van der Waals surface area contributed by atoms with E-state index in [1.807, 2.05) is 0 Å². The zero-order valence-corrected chi connectivity index (χ0v) is 16.8. The molecule has 1 aromatic heterocycles. The van der Waals surface area contributed by atoms with Gasteiger partial charge in [-0.05, 0) is 18.6 Å². The molecule has 3 heterocycles. The molecular weight excluding hydrogens is 423 g/mol. The third kappa shape index (κ3) is 3.72. The number of rotatable bonds is 5. The lowest BCUT2D eigenvalue weighted by atomic mass is 10.1. The first-order chi connectivity index (χ1) is 14.3. The fraction of sp³-hybridized carbons (Fsp3) is 0.421. The first-order valence-electron chi connectivity index (χ1n) is 9.24. The van der Waals surface area contributed by atoms with Crippen molar-refractivity contribution in [3.8, 4) is 0 Å². The predicted molar refractivity (Wildman–Crippen MR) is 100 cm³/mol. The van der Waals surface area contributed by atoms with E-state index in [0.717, 1.165) is 21.3 Å². The maximum Gasteiger partial charge on any atom is 0.435 e. The topological polar surface area (TPSA) is 73.7 Å². The molecule has 1 aromatic carbocycles. The summed E-state index contributed by atoms with van der Waals surface area (Å²) in [6.45, 7) is 0.626. The number of amides is 2. The lowest BCUT2D eigenvalue weighted by Gasteiger charge is -2.24. The van der Waals surface area contributed by atoms with Gasteiger partial charge in [-0.2, -0.15) is 18.3 Å². The molecule has 160 valence electrons. The van der Waals surface area contributed by atoms with Crippen LogP contribution in [0.4, 0.5) is 13.2 Å². The van der Waals surface area contributed by atoms with E-state index in [1.54, 1.807) is 24.3 Å². The van der Waals surface area contributed by atoms with Gasteiger partial charge in [-0.15, -0.1) is 11.8 Å². The molecule has 4 rings (SSSR count). The van der Waals surface area contributed by atoms with Crippen LogP contribution in [-0.2, 0) is 22.7 Å². The molecule has 0 spiro atoms. The summed E-state index contributed by atoms with van der Waals surface area (Å²) < 4.78 is 52.5. The van der Waals surface area contributed by atoms with E-state index in [-0.39, 0.29) is 36.1 Å². The third-order valence-electron chi connectivity index (χ3n) is 4.79. The van der Waals surface area contributed by atoms with Gasteiger partial charge in [0.15, 0.2) is 12.0 Å². The van der Waals surface area contributed by atoms with Gasteiger partial charge in [-0.3, -0.25) is 19.2 Å². The largest absolute Gasteiger partial charge is 0.435 e. The Balaban J connectivity index is 1.53. The highest BCUT2D eigenvalue weighted by Gasteiger charge is 2.42. The Morgan fingerprint density at radius 2 is 1.73 bits per heavy atom. The van der Waals surface area contributed by atoms with Crippen molar-refractivity contribution in [3.05, 3.63) is 46.6 Å². The Hall–Kier alpha value is -2.37. The number of aryl methyl sites for hydroxylation is 1. The number of imide groups is 1. The highest BCUT2D eigenvalue weighted by Crippen LogP contribution is 2.41. The summed E-state index contributed by atoms with van der Waals surface area (Å²) in [4.78, 5) is 26.0. The molecule has 1 fully saturated rings. The predicted octanol–water partition coefficient (Wildman–Crippen LogP) is 3.26. The first-order valence-corrected chi connectivity index (χ1v) is 10.2. The van der Waals surface area contributed by atoms with E-state index in [4.69, 9.17) is 9.47 Å². The van der Waals surface area contributed by atoms with Crippen molar-refractivity contribution >= 4 is 23.6 Å². The lowest BCUT2D eigenvalue weighted by Crippen LogP contribution is -2.31. The number of hydrogen-bond acceptors (Lipinski definition) is 6. The summed E-state index contributed by atoms with van der Waals surface area (Å²) in [5, 5.41) is 3.86. The number of nitrogens with zero attached hydrogens (tertiary/aromatic N) is 3. The molecule has 0 bridgehead atoms. The molecule has 2 aromatic rings. The van der Waals surface area contributed by atoms with Gasteiger partial charge in [-0.25, -0.2) is 0 Å². The highest BCUT2D eigenvalue weighted by atomic mass is 32.2. The van der Waals surface area contributed by atoms with Crippen LogP contribution in [0.2, 0.25) is 0 Å². The van der Waals surface area contributed by atoms with Crippen LogP contribution < -0.4 is 0 Å². The van der Waals surface area contributed by atoms with Crippen LogP contribution in [0.25, 0.3) is 0 Å². The van der Waals surface area contributed by atoms with Gasteiger partial charge in [0, 0.05) is 19.3 Å². The Morgan fingerprint density at radius 1 is 1.13 bits per heavy atom. The highest BCUT2D eigenvalue weighted by molar-refractivity contribution is 7.99. The van der Waals surface area contributed by atoms with Crippen molar-refractivity contribution in [3.63, 3.8) is 0 Å². The molecule has 30 heavy (non-hydrogen) atoms. The zero-order valence-electron chi connectivity index (χ0n) is 15.9. The molecule has 1 saturated heterocycles. The Morgan fingerprint density at radius 3 is 2.30 bits per heavy atom. The summed E-state index contributed by atoms with van der Waals surface area (Å²) in [5.74, 6) is -0.616. The summed E-state index contributed by atoms with van der Waals surface area (Å²) >= 11 is 1.07. The number of alkyl halides is 3. The Kier molecular flexibility index (Phi) is 5.60. The van der Waals surface area contributed by atoms with Gasteiger partial charge < -0.3 is 9.47 Å². The minimum absolute atomic E-state index is 0.0510.